The van der Waals surface area contributed by atoms with E-state index in [1.807, 2.05) is 25.1 Å². The van der Waals surface area contributed by atoms with Gasteiger partial charge in [-0.05, 0) is 36.2 Å². The first-order valence-corrected chi connectivity index (χ1v) is 7.11. The number of halogens is 1. The standard InChI is InChI=1S/C16H13BrO3/c1-10-11(3-2-4-14(10)17)8-19-12-5-6-13-15(18)9-20-16(13)7-12/h2-7H,8-9H2,1H3. The van der Waals surface area contributed by atoms with Crippen LogP contribution in [-0.4, -0.2) is 12.4 Å². The van der Waals surface area contributed by atoms with Crippen molar-refractivity contribution in [3.8, 4) is 11.5 Å². The van der Waals surface area contributed by atoms with E-state index in [0.29, 0.717) is 23.7 Å². The van der Waals surface area contributed by atoms with E-state index in [0.717, 1.165) is 10.0 Å². The second-order valence-electron chi connectivity index (χ2n) is 4.68. The first-order chi connectivity index (χ1) is 9.65. The second-order valence-corrected chi connectivity index (χ2v) is 5.54. The molecule has 0 amide bonds. The molecular formula is C16H13BrO3. The van der Waals surface area contributed by atoms with Crippen molar-refractivity contribution in [2.45, 2.75) is 13.5 Å². The van der Waals surface area contributed by atoms with Gasteiger partial charge in [-0.3, -0.25) is 4.79 Å². The van der Waals surface area contributed by atoms with Gasteiger partial charge in [0.2, 0.25) is 5.78 Å². The van der Waals surface area contributed by atoms with Crippen molar-refractivity contribution in [1.82, 2.24) is 0 Å². The molecule has 0 spiro atoms. The summed E-state index contributed by atoms with van der Waals surface area (Å²) in [5.41, 5.74) is 2.92. The average Bonchev–Trinajstić information content (AvgIpc) is 2.82. The first kappa shape index (κ1) is 13.2. The van der Waals surface area contributed by atoms with E-state index in [9.17, 15) is 4.79 Å². The van der Waals surface area contributed by atoms with Crippen LogP contribution in [0.2, 0.25) is 0 Å². The van der Waals surface area contributed by atoms with E-state index in [1.54, 1.807) is 18.2 Å². The number of hydrogen-bond acceptors (Lipinski definition) is 3. The Bertz CT molecular complexity index is 679. The number of Topliss-reactive ketones (excluding diaryl/α,β-unsaturated/α-hetero) is 1. The van der Waals surface area contributed by atoms with Crippen LogP contribution in [0.4, 0.5) is 0 Å². The number of ether oxygens (including phenoxy) is 2. The Morgan fingerprint density at radius 1 is 1.30 bits per heavy atom. The van der Waals surface area contributed by atoms with Crippen LogP contribution < -0.4 is 9.47 Å². The van der Waals surface area contributed by atoms with Crippen LogP contribution in [0.15, 0.2) is 40.9 Å². The molecule has 1 heterocycles. The maximum atomic E-state index is 11.5. The zero-order chi connectivity index (χ0) is 14.1. The molecule has 0 aromatic heterocycles. The highest BCUT2D eigenvalue weighted by Gasteiger charge is 2.21. The fourth-order valence-electron chi connectivity index (χ4n) is 2.13. The molecule has 0 aliphatic carbocycles. The molecular weight excluding hydrogens is 320 g/mol. The molecule has 0 radical (unpaired) electrons. The number of carbonyl (C=O) groups excluding carboxylic acids is 1. The third-order valence-electron chi connectivity index (χ3n) is 3.39. The molecule has 3 nitrogen and oxygen atoms in total. The molecule has 3 rings (SSSR count). The van der Waals surface area contributed by atoms with Gasteiger partial charge in [0.05, 0.1) is 5.56 Å². The van der Waals surface area contributed by atoms with Crippen molar-refractivity contribution in [3.63, 3.8) is 0 Å². The molecule has 4 heteroatoms. The Morgan fingerprint density at radius 3 is 3.00 bits per heavy atom. The van der Waals surface area contributed by atoms with Crippen LogP contribution in [0.1, 0.15) is 21.5 Å². The van der Waals surface area contributed by atoms with Gasteiger partial charge in [0.15, 0.2) is 6.61 Å². The van der Waals surface area contributed by atoms with Gasteiger partial charge >= 0.3 is 0 Å². The lowest BCUT2D eigenvalue weighted by Gasteiger charge is -2.10. The van der Waals surface area contributed by atoms with Crippen LogP contribution in [0.25, 0.3) is 0 Å². The normalized spacial score (nSPS) is 13.0. The molecule has 0 unspecified atom stereocenters. The van der Waals surface area contributed by atoms with Crippen molar-refractivity contribution in [2.75, 3.05) is 6.61 Å². The van der Waals surface area contributed by atoms with Gasteiger partial charge in [-0.25, -0.2) is 0 Å². The SMILES string of the molecule is Cc1c(Br)cccc1COc1ccc2c(c1)OCC2=O. The lowest BCUT2D eigenvalue weighted by Crippen LogP contribution is -1.99. The van der Waals surface area contributed by atoms with Crippen molar-refractivity contribution in [2.24, 2.45) is 0 Å². The van der Waals surface area contributed by atoms with Crippen LogP contribution in [-0.2, 0) is 6.61 Å². The summed E-state index contributed by atoms with van der Waals surface area (Å²) in [4.78, 5) is 11.5. The third-order valence-corrected chi connectivity index (χ3v) is 4.25. The highest BCUT2D eigenvalue weighted by molar-refractivity contribution is 9.10. The van der Waals surface area contributed by atoms with Crippen molar-refractivity contribution in [1.29, 1.82) is 0 Å². The lowest BCUT2D eigenvalue weighted by atomic mass is 10.1. The molecule has 0 saturated carbocycles. The van der Waals surface area contributed by atoms with Gasteiger partial charge in [-0.1, -0.05) is 28.1 Å². The molecule has 0 bridgehead atoms. The number of hydrogen-bond donors (Lipinski definition) is 0. The van der Waals surface area contributed by atoms with Crippen LogP contribution in [0, 0.1) is 6.92 Å². The van der Waals surface area contributed by atoms with Crippen molar-refractivity contribution < 1.29 is 14.3 Å². The van der Waals surface area contributed by atoms with Gasteiger partial charge in [-0.15, -0.1) is 0 Å². The van der Waals surface area contributed by atoms with Crippen LogP contribution >= 0.6 is 15.9 Å². The summed E-state index contributed by atoms with van der Waals surface area (Å²) in [6.07, 6.45) is 0. The van der Waals surface area contributed by atoms with Gasteiger partial charge < -0.3 is 9.47 Å². The molecule has 20 heavy (non-hydrogen) atoms. The smallest absolute Gasteiger partial charge is 0.203 e. The summed E-state index contributed by atoms with van der Waals surface area (Å²) in [5.74, 6) is 1.34. The van der Waals surface area contributed by atoms with Crippen molar-refractivity contribution >= 4 is 21.7 Å². The fourth-order valence-corrected chi connectivity index (χ4v) is 2.54. The van der Waals surface area contributed by atoms with Gasteiger partial charge in [0, 0.05) is 10.5 Å². The van der Waals surface area contributed by atoms with E-state index in [1.165, 1.54) is 5.56 Å². The van der Waals surface area contributed by atoms with E-state index < -0.39 is 0 Å². The molecule has 0 fully saturated rings. The summed E-state index contributed by atoms with van der Waals surface area (Å²) in [7, 11) is 0. The van der Waals surface area contributed by atoms with Gasteiger partial charge in [-0.2, -0.15) is 0 Å². The van der Waals surface area contributed by atoms with E-state index in [2.05, 4.69) is 15.9 Å². The Hall–Kier alpha value is -1.81. The topological polar surface area (TPSA) is 35.5 Å². The Balaban J connectivity index is 1.76. The zero-order valence-electron chi connectivity index (χ0n) is 11.0. The highest BCUT2D eigenvalue weighted by atomic mass is 79.9. The summed E-state index contributed by atoms with van der Waals surface area (Å²) >= 11 is 3.51. The lowest BCUT2D eigenvalue weighted by molar-refractivity contribution is 0.0961. The summed E-state index contributed by atoms with van der Waals surface area (Å²) < 4.78 is 12.2. The minimum Gasteiger partial charge on any atom is -0.489 e. The molecule has 0 N–H and O–H groups in total. The van der Waals surface area contributed by atoms with Gasteiger partial charge in [0.25, 0.3) is 0 Å². The maximum Gasteiger partial charge on any atom is 0.203 e. The number of rotatable bonds is 3. The molecule has 2 aromatic carbocycles. The van der Waals surface area contributed by atoms with E-state index in [4.69, 9.17) is 9.47 Å². The van der Waals surface area contributed by atoms with E-state index in [-0.39, 0.29) is 12.4 Å². The number of ketones is 1. The zero-order valence-corrected chi connectivity index (χ0v) is 12.6. The molecule has 1 aliphatic rings. The molecule has 0 saturated heterocycles. The predicted molar refractivity (Wildman–Crippen MR) is 79.5 cm³/mol. The molecule has 2 aromatic rings. The average molecular weight is 333 g/mol. The summed E-state index contributed by atoms with van der Waals surface area (Å²) in [5, 5.41) is 0. The van der Waals surface area contributed by atoms with Crippen LogP contribution in [0.3, 0.4) is 0 Å². The number of carbonyl (C=O) groups is 1. The largest absolute Gasteiger partial charge is 0.489 e. The quantitative estimate of drug-likeness (QED) is 0.854. The third kappa shape index (κ3) is 2.43. The number of benzene rings is 2. The summed E-state index contributed by atoms with van der Waals surface area (Å²) in [6, 6.07) is 11.4. The Kier molecular flexibility index (Phi) is 3.49. The fraction of sp³-hybridized carbons (Fsp3) is 0.188. The minimum atomic E-state index is 0.0226. The molecule has 102 valence electrons. The first-order valence-electron chi connectivity index (χ1n) is 6.32. The minimum absolute atomic E-state index is 0.0226. The Labute approximate surface area is 125 Å². The molecule has 0 atom stereocenters. The second kappa shape index (κ2) is 5.29. The predicted octanol–water partition coefficient (Wildman–Crippen LogP) is 3.91. The van der Waals surface area contributed by atoms with Crippen molar-refractivity contribution in [3.05, 3.63) is 57.6 Å². The summed E-state index contributed by atoms with van der Waals surface area (Å²) in [6.45, 7) is 2.66. The maximum absolute atomic E-state index is 11.5. The van der Waals surface area contributed by atoms with Crippen LogP contribution in [0.5, 0.6) is 11.5 Å². The monoisotopic (exact) mass is 332 g/mol. The molecule has 1 aliphatic heterocycles. The Morgan fingerprint density at radius 2 is 2.15 bits per heavy atom. The highest BCUT2D eigenvalue weighted by Crippen LogP contribution is 2.30. The van der Waals surface area contributed by atoms with E-state index >= 15 is 0 Å². The van der Waals surface area contributed by atoms with Gasteiger partial charge in [0.1, 0.15) is 18.1 Å². The number of fused-ring (bicyclic) bond motifs is 1.